The molecule has 0 saturated carbocycles. The number of hydrogen-bond acceptors (Lipinski definition) is 1. The molecular weight excluding hydrogens is 126 g/mol. The molecule has 10 heavy (non-hydrogen) atoms. The van der Waals surface area contributed by atoms with Crippen molar-refractivity contribution in [2.24, 2.45) is 0 Å². The minimum atomic E-state index is 0.528. The first-order chi connectivity index (χ1) is 4.84. The van der Waals surface area contributed by atoms with Crippen molar-refractivity contribution in [1.29, 1.82) is 0 Å². The number of benzene rings is 1. The molecule has 1 aromatic carbocycles. The maximum absolute atomic E-state index is 10.0. The van der Waals surface area contributed by atoms with Crippen LogP contribution in [0.2, 0.25) is 0 Å². The average molecular weight is 134 g/mol. The Kier molecular flexibility index (Phi) is 1.98. The fourth-order valence-electron chi connectivity index (χ4n) is 0.732. The SMILES string of the molecule is CC(=[N+]=O)c1ccccc1. The lowest BCUT2D eigenvalue weighted by molar-refractivity contribution is 1.51. The summed E-state index contributed by atoms with van der Waals surface area (Å²) in [5.74, 6) is 0. The molecule has 0 N–H and O–H groups in total. The third-order valence-electron chi connectivity index (χ3n) is 1.33. The summed E-state index contributed by atoms with van der Waals surface area (Å²) < 4.78 is 0. The van der Waals surface area contributed by atoms with Gasteiger partial charge in [-0.3, -0.25) is 0 Å². The van der Waals surface area contributed by atoms with Gasteiger partial charge >= 0.3 is 5.71 Å². The lowest BCUT2D eigenvalue weighted by atomic mass is 10.1. The fourth-order valence-corrected chi connectivity index (χ4v) is 0.732. The number of nitroso groups, excluding NO2 is 1. The Balaban J connectivity index is 3.08. The van der Waals surface area contributed by atoms with E-state index < -0.39 is 0 Å². The van der Waals surface area contributed by atoms with Crippen LogP contribution >= 0.6 is 0 Å². The standard InChI is InChI=1S/C8H8NO/c1-7(9-10)8-5-3-2-4-6-8/h2-6H,1H3/q+1. The monoisotopic (exact) mass is 134 g/mol. The zero-order valence-corrected chi connectivity index (χ0v) is 5.74. The van der Waals surface area contributed by atoms with E-state index in [1.807, 2.05) is 30.3 Å². The molecule has 0 heterocycles. The third-order valence-corrected chi connectivity index (χ3v) is 1.33. The highest BCUT2D eigenvalue weighted by Crippen LogP contribution is 1.96. The van der Waals surface area contributed by atoms with E-state index in [9.17, 15) is 4.91 Å². The van der Waals surface area contributed by atoms with Crippen molar-refractivity contribution >= 4 is 5.71 Å². The second kappa shape index (κ2) is 2.95. The van der Waals surface area contributed by atoms with Crippen LogP contribution in [0.15, 0.2) is 30.3 Å². The molecule has 0 aromatic heterocycles. The first-order valence-corrected chi connectivity index (χ1v) is 3.07. The van der Waals surface area contributed by atoms with Gasteiger partial charge in [0.1, 0.15) is 0 Å². The Morgan fingerprint density at radius 1 is 1.30 bits per heavy atom. The summed E-state index contributed by atoms with van der Waals surface area (Å²) >= 11 is 0. The molecule has 1 rings (SSSR count). The van der Waals surface area contributed by atoms with Crippen LogP contribution in [0.25, 0.3) is 0 Å². The summed E-state index contributed by atoms with van der Waals surface area (Å²) in [6.07, 6.45) is 0. The van der Waals surface area contributed by atoms with Crippen LogP contribution < -0.4 is 4.85 Å². The quantitative estimate of drug-likeness (QED) is 0.421. The molecule has 2 heteroatoms. The second-order valence-electron chi connectivity index (χ2n) is 2.04. The summed E-state index contributed by atoms with van der Waals surface area (Å²) in [5, 5.41) is 0. The average Bonchev–Trinajstić information content (AvgIpc) is 2.05. The van der Waals surface area contributed by atoms with Crippen LogP contribution in [0.3, 0.4) is 0 Å². The summed E-state index contributed by atoms with van der Waals surface area (Å²) in [7, 11) is 0. The highest BCUT2D eigenvalue weighted by Gasteiger charge is 2.05. The van der Waals surface area contributed by atoms with E-state index in [4.69, 9.17) is 0 Å². The lowest BCUT2D eigenvalue weighted by Crippen LogP contribution is -1.95. The molecule has 2 nitrogen and oxygen atoms in total. The number of hydrogen-bond donors (Lipinski definition) is 0. The van der Waals surface area contributed by atoms with E-state index in [2.05, 4.69) is 4.85 Å². The van der Waals surface area contributed by atoms with Crippen molar-refractivity contribution in [2.75, 3.05) is 0 Å². The molecule has 0 spiro atoms. The van der Waals surface area contributed by atoms with Gasteiger partial charge in [0.05, 0.1) is 5.56 Å². The predicted octanol–water partition coefficient (Wildman–Crippen LogP) is 1.33. The minimum absolute atomic E-state index is 0.528. The van der Waals surface area contributed by atoms with Crippen LogP contribution in [-0.4, -0.2) is 5.71 Å². The Morgan fingerprint density at radius 3 is 2.40 bits per heavy atom. The van der Waals surface area contributed by atoms with Crippen LogP contribution in [-0.2, 0) is 0 Å². The molecule has 0 amide bonds. The summed E-state index contributed by atoms with van der Waals surface area (Å²) in [5.41, 5.74) is 1.41. The third kappa shape index (κ3) is 1.30. The number of rotatable bonds is 1. The molecule has 0 bridgehead atoms. The van der Waals surface area contributed by atoms with Crippen molar-refractivity contribution in [3.05, 3.63) is 40.8 Å². The maximum Gasteiger partial charge on any atom is 0.376 e. The van der Waals surface area contributed by atoms with Gasteiger partial charge in [0.25, 0.3) is 0 Å². The van der Waals surface area contributed by atoms with Crippen LogP contribution in [0.1, 0.15) is 12.5 Å². The van der Waals surface area contributed by atoms with Crippen molar-refractivity contribution < 1.29 is 0 Å². The van der Waals surface area contributed by atoms with Crippen molar-refractivity contribution in [1.82, 2.24) is 4.85 Å². The normalized spacial score (nSPS) is 8.50. The van der Waals surface area contributed by atoms with Gasteiger partial charge in [-0.25, -0.2) is 0 Å². The first-order valence-electron chi connectivity index (χ1n) is 3.07. The van der Waals surface area contributed by atoms with E-state index in [1.165, 1.54) is 0 Å². The molecule has 0 aliphatic carbocycles. The molecule has 0 atom stereocenters. The van der Waals surface area contributed by atoms with Gasteiger partial charge in [0.2, 0.25) is 4.85 Å². The van der Waals surface area contributed by atoms with Crippen LogP contribution in [0.5, 0.6) is 0 Å². The van der Waals surface area contributed by atoms with Gasteiger partial charge < -0.3 is 0 Å². The van der Waals surface area contributed by atoms with Gasteiger partial charge in [-0.1, -0.05) is 18.2 Å². The van der Waals surface area contributed by atoms with Crippen molar-refractivity contribution in [2.45, 2.75) is 6.92 Å². The van der Waals surface area contributed by atoms with Crippen LogP contribution in [0, 0.1) is 4.91 Å². The summed E-state index contributed by atoms with van der Waals surface area (Å²) in [6.45, 7) is 1.70. The molecular formula is C8H8NO+. The largest absolute Gasteiger partial charge is 0.376 e. The topological polar surface area (TPSA) is 31.2 Å². The van der Waals surface area contributed by atoms with E-state index in [-0.39, 0.29) is 0 Å². The highest BCUT2D eigenvalue weighted by atomic mass is 16.2. The molecule has 50 valence electrons. The Morgan fingerprint density at radius 2 is 1.90 bits per heavy atom. The molecule has 0 aliphatic rings. The summed E-state index contributed by atoms with van der Waals surface area (Å²) in [4.78, 5) is 12.8. The van der Waals surface area contributed by atoms with Gasteiger partial charge in [-0.05, 0) is 12.1 Å². The molecule has 0 radical (unpaired) electrons. The van der Waals surface area contributed by atoms with E-state index in [0.717, 1.165) is 5.56 Å². The molecule has 1 aromatic rings. The van der Waals surface area contributed by atoms with Gasteiger partial charge in [0.15, 0.2) is 4.91 Å². The first kappa shape index (κ1) is 6.72. The minimum Gasteiger partial charge on any atom is -0.0622 e. The fraction of sp³-hybridized carbons (Fsp3) is 0.125. The Bertz CT molecular complexity index is 260. The maximum atomic E-state index is 10.0. The lowest BCUT2D eigenvalue weighted by Gasteiger charge is -1.83. The zero-order chi connectivity index (χ0) is 7.40. The van der Waals surface area contributed by atoms with Gasteiger partial charge in [0, 0.05) is 6.92 Å². The van der Waals surface area contributed by atoms with Crippen LogP contribution in [0.4, 0.5) is 0 Å². The second-order valence-corrected chi connectivity index (χ2v) is 2.04. The smallest absolute Gasteiger partial charge is 0.0622 e. The summed E-state index contributed by atoms with van der Waals surface area (Å²) in [6, 6.07) is 9.38. The predicted molar refractivity (Wildman–Crippen MR) is 41.7 cm³/mol. The molecule has 0 saturated heterocycles. The van der Waals surface area contributed by atoms with E-state index in [0.29, 0.717) is 5.71 Å². The molecule has 0 fully saturated rings. The van der Waals surface area contributed by atoms with E-state index in [1.54, 1.807) is 6.92 Å². The highest BCUT2D eigenvalue weighted by molar-refractivity contribution is 5.97. The Labute approximate surface area is 59.2 Å². The van der Waals surface area contributed by atoms with E-state index >= 15 is 0 Å². The molecule has 0 unspecified atom stereocenters. The Hall–Kier alpha value is -1.40. The molecule has 0 aliphatic heterocycles. The van der Waals surface area contributed by atoms with Crippen molar-refractivity contribution in [3.63, 3.8) is 0 Å². The van der Waals surface area contributed by atoms with Crippen molar-refractivity contribution in [3.8, 4) is 0 Å². The van der Waals surface area contributed by atoms with Gasteiger partial charge in [-0.15, -0.1) is 0 Å². The number of nitrogens with zero attached hydrogens (tertiary/aromatic N) is 1. The van der Waals surface area contributed by atoms with Gasteiger partial charge in [-0.2, -0.15) is 0 Å². The zero-order valence-electron chi connectivity index (χ0n) is 5.74.